The van der Waals surface area contributed by atoms with Crippen LogP contribution < -0.4 is 10.6 Å². The Labute approximate surface area is 237 Å². The number of pyridine rings is 1. The van der Waals surface area contributed by atoms with Crippen molar-refractivity contribution in [1.82, 2.24) is 30.0 Å². The van der Waals surface area contributed by atoms with Crippen LogP contribution in [0.1, 0.15) is 61.2 Å². The van der Waals surface area contributed by atoms with Gasteiger partial charge in [-0.3, -0.25) is 4.79 Å². The largest absolute Gasteiger partial charge is 0.417 e. The van der Waals surface area contributed by atoms with E-state index in [0.717, 1.165) is 5.56 Å². The Morgan fingerprint density at radius 3 is 2.54 bits per heavy atom. The third-order valence-electron chi connectivity index (χ3n) is 6.84. The summed E-state index contributed by atoms with van der Waals surface area (Å²) in [7, 11) is 0. The maximum absolute atomic E-state index is 12.9. The molecular formula is C29H32N8O4. The number of aromatic nitrogens is 5. The van der Waals surface area contributed by atoms with Crippen LogP contribution in [0, 0.1) is 0 Å². The first-order valence-electron chi connectivity index (χ1n) is 13.1. The number of nitrogens with zero attached hydrogens (tertiary/aromatic N) is 6. The van der Waals surface area contributed by atoms with Gasteiger partial charge in [0.15, 0.2) is 0 Å². The molecule has 1 aliphatic heterocycles. The zero-order valence-electron chi connectivity index (χ0n) is 23.3. The minimum atomic E-state index is -1.34. The molecule has 3 aromatic heterocycles. The van der Waals surface area contributed by atoms with Crippen molar-refractivity contribution in [2.75, 3.05) is 23.8 Å². The monoisotopic (exact) mass is 556 g/mol. The molecule has 4 aromatic rings. The van der Waals surface area contributed by atoms with Crippen molar-refractivity contribution in [3.8, 4) is 11.5 Å². The molecule has 12 heteroatoms. The first-order valence-corrected chi connectivity index (χ1v) is 13.1. The SMILES string of the molecule is C=CCN1C(=O)c2ccc(Nc3ncc(-c4nnc(C(C)(C)O)o4)c(N[C@H](CO)c4ccccc4)n3)nc2C1(C)C. The van der Waals surface area contributed by atoms with Gasteiger partial charge in [-0.1, -0.05) is 36.4 Å². The van der Waals surface area contributed by atoms with E-state index in [1.54, 1.807) is 37.0 Å². The van der Waals surface area contributed by atoms with Crippen molar-refractivity contribution in [2.24, 2.45) is 0 Å². The second-order valence-electron chi connectivity index (χ2n) is 10.7. The highest BCUT2D eigenvalue weighted by Gasteiger charge is 2.43. The predicted octanol–water partition coefficient (Wildman–Crippen LogP) is 3.92. The summed E-state index contributed by atoms with van der Waals surface area (Å²) >= 11 is 0. The van der Waals surface area contributed by atoms with Gasteiger partial charge in [0.2, 0.25) is 11.8 Å². The summed E-state index contributed by atoms with van der Waals surface area (Å²) in [5, 5.41) is 34.9. The van der Waals surface area contributed by atoms with Crippen LogP contribution in [0.5, 0.6) is 0 Å². The molecule has 4 N–H and O–H groups in total. The molecule has 5 rings (SSSR count). The average Bonchev–Trinajstić information content (AvgIpc) is 3.51. The lowest BCUT2D eigenvalue weighted by atomic mass is 9.99. The smallest absolute Gasteiger partial charge is 0.256 e. The van der Waals surface area contributed by atoms with Gasteiger partial charge in [0.05, 0.1) is 35.0 Å². The Morgan fingerprint density at radius 2 is 1.88 bits per heavy atom. The van der Waals surface area contributed by atoms with Gasteiger partial charge in [0.25, 0.3) is 11.8 Å². The van der Waals surface area contributed by atoms with E-state index in [2.05, 4.69) is 37.4 Å². The third-order valence-corrected chi connectivity index (χ3v) is 6.84. The zero-order valence-corrected chi connectivity index (χ0v) is 23.3. The van der Waals surface area contributed by atoms with E-state index >= 15 is 0 Å². The van der Waals surface area contributed by atoms with E-state index < -0.39 is 17.2 Å². The van der Waals surface area contributed by atoms with Crippen LogP contribution in [-0.4, -0.2) is 59.3 Å². The summed E-state index contributed by atoms with van der Waals surface area (Å²) in [5.41, 5.74) is 0.423. The summed E-state index contributed by atoms with van der Waals surface area (Å²) in [6.07, 6.45) is 3.20. The molecular weight excluding hydrogens is 524 g/mol. The Kier molecular flexibility index (Phi) is 7.28. The van der Waals surface area contributed by atoms with Gasteiger partial charge in [-0.2, -0.15) is 4.98 Å². The van der Waals surface area contributed by atoms with Gasteiger partial charge in [-0.05, 0) is 45.4 Å². The van der Waals surface area contributed by atoms with Gasteiger partial charge in [-0.15, -0.1) is 16.8 Å². The fourth-order valence-corrected chi connectivity index (χ4v) is 4.62. The second-order valence-corrected chi connectivity index (χ2v) is 10.7. The number of rotatable bonds is 10. The van der Waals surface area contributed by atoms with Crippen molar-refractivity contribution < 1.29 is 19.4 Å². The highest BCUT2D eigenvalue weighted by Crippen LogP contribution is 2.38. The van der Waals surface area contributed by atoms with Gasteiger partial charge in [-0.25, -0.2) is 9.97 Å². The summed E-state index contributed by atoms with van der Waals surface area (Å²) in [5.74, 6) is 1.00. The Bertz CT molecular complexity index is 1580. The zero-order chi connectivity index (χ0) is 29.4. The minimum absolute atomic E-state index is 0.0346. The number of carbonyl (C=O) groups excluding carboxylic acids is 1. The van der Waals surface area contributed by atoms with Crippen molar-refractivity contribution in [1.29, 1.82) is 0 Å². The van der Waals surface area contributed by atoms with Crippen molar-refractivity contribution in [3.63, 3.8) is 0 Å². The third kappa shape index (κ3) is 5.39. The van der Waals surface area contributed by atoms with E-state index in [1.807, 2.05) is 44.2 Å². The summed E-state index contributed by atoms with van der Waals surface area (Å²) in [6, 6.07) is 12.4. The van der Waals surface area contributed by atoms with Crippen LogP contribution in [0.3, 0.4) is 0 Å². The number of hydrogen-bond donors (Lipinski definition) is 4. The maximum Gasteiger partial charge on any atom is 0.256 e. The number of carbonyl (C=O) groups is 1. The van der Waals surface area contributed by atoms with E-state index in [-0.39, 0.29) is 30.2 Å². The molecule has 41 heavy (non-hydrogen) atoms. The van der Waals surface area contributed by atoms with Gasteiger partial charge in [0.1, 0.15) is 17.2 Å². The predicted molar refractivity (Wildman–Crippen MR) is 152 cm³/mol. The van der Waals surface area contributed by atoms with Gasteiger partial charge >= 0.3 is 0 Å². The normalized spacial score (nSPS) is 15.0. The Hall–Kier alpha value is -4.68. The molecule has 0 saturated heterocycles. The summed E-state index contributed by atoms with van der Waals surface area (Å²) in [4.78, 5) is 28.5. The first kappa shape index (κ1) is 27.9. The first-order chi connectivity index (χ1) is 19.5. The van der Waals surface area contributed by atoms with Crippen molar-refractivity contribution in [2.45, 2.75) is 44.9 Å². The van der Waals surface area contributed by atoms with E-state index in [9.17, 15) is 15.0 Å². The molecule has 0 fully saturated rings. The number of nitrogens with one attached hydrogen (secondary N) is 2. The van der Waals surface area contributed by atoms with Crippen LogP contribution in [0.15, 0.2) is 65.7 Å². The number of anilines is 3. The second kappa shape index (κ2) is 10.7. The highest BCUT2D eigenvalue weighted by molar-refractivity contribution is 5.99. The van der Waals surface area contributed by atoms with E-state index in [1.165, 1.54) is 6.20 Å². The molecule has 0 spiro atoms. The number of hydrogen-bond acceptors (Lipinski definition) is 11. The molecule has 1 atom stereocenters. The molecule has 1 aliphatic rings. The molecule has 0 aliphatic carbocycles. The van der Waals surface area contributed by atoms with Crippen LogP contribution in [0.4, 0.5) is 17.6 Å². The highest BCUT2D eigenvalue weighted by atomic mass is 16.4. The molecule has 12 nitrogen and oxygen atoms in total. The fourth-order valence-electron chi connectivity index (χ4n) is 4.62. The summed E-state index contributed by atoms with van der Waals surface area (Å²) in [6.45, 7) is 10.9. The maximum atomic E-state index is 12.9. The number of fused-ring (bicyclic) bond motifs is 1. The molecule has 1 aromatic carbocycles. The summed E-state index contributed by atoms with van der Waals surface area (Å²) < 4.78 is 5.74. The lowest BCUT2D eigenvalue weighted by molar-refractivity contribution is 0.0487. The fraction of sp³-hybridized carbons (Fsp3) is 0.310. The molecule has 1 amide bonds. The lowest BCUT2D eigenvalue weighted by Crippen LogP contribution is -2.39. The standard InChI is InChI=1S/C29H32N8O4/c1-6-14-37-25(39)18-12-13-21(32-22(18)28(37,2)3)33-27-30-15-19(24-35-36-26(41-24)29(4,5)40)23(34-27)31-20(16-38)17-10-8-7-9-11-17/h6-13,15,20,38,40H,1,14,16H2,2-5H3,(H2,30,31,32,33,34)/t20-/m1/s1. The number of aliphatic hydroxyl groups is 2. The Balaban J connectivity index is 1.51. The number of amides is 1. The van der Waals surface area contributed by atoms with E-state index in [0.29, 0.717) is 35.0 Å². The van der Waals surface area contributed by atoms with Crippen LogP contribution >= 0.6 is 0 Å². The molecule has 212 valence electrons. The van der Waals surface area contributed by atoms with Crippen molar-refractivity contribution >= 4 is 23.5 Å². The number of benzene rings is 1. The Morgan fingerprint density at radius 1 is 1.12 bits per heavy atom. The molecule has 0 saturated carbocycles. The van der Waals surface area contributed by atoms with Gasteiger partial charge in [0, 0.05) is 12.7 Å². The molecule has 0 unspecified atom stereocenters. The quantitative estimate of drug-likeness (QED) is 0.209. The number of aliphatic hydroxyl groups excluding tert-OH is 1. The van der Waals surface area contributed by atoms with Gasteiger partial charge < -0.3 is 30.2 Å². The van der Waals surface area contributed by atoms with Crippen LogP contribution in [-0.2, 0) is 11.1 Å². The van der Waals surface area contributed by atoms with E-state index in [4.69, 9.17) is 9.40 Å². The van der Waals surface area contributed by atoms with Crippen molar-refractivity contribution in [3.05, 3.63) is 84.0 Å². The lowest BCUT2D eigenvalue weighted by Gasteiger charge is -2.30. The van der Waals surface area contributed by atoms with Crippen LogP contribution in [0.2, 0.25) is 0 Å². The average molecular weight is 557 g/mol. The molecule has 0 radical (unpaired) electrons. The minimum Gasteiger partial charge on any atom is -0.417 e. The molecule has 4 heterocycles. The topological polar surface area (TPSA) is 162 Å². The molecule has 0 bridgehead atoms. The van der Waals surface area contributed by atoms with Crippen LogP contribution in [0.25, 0.3) is 11.5 Å².